The van der Waals surface area contributed by atoms with E-state index in [2.05, 4.69) is 24.1 Å². The molecule has 0 saturated carbocycles. The predicted molar refractivity (Wildman–Crippen MR) is 111 cm³/mol. The number of carbonyl (C=O) groups excluding carboxylic acids is 4. The van der Waals surface area contributed by atoms with Crippen molar-refractivity contribution < 1.29 is 23.9 Å². The molecule has 2 heterocycles. The average Bonchev–Trinajstić information content (AvgIpc) is 2.96. The maximum absolute atomic E-state index is 13.0. The first kappa shape index (κ1) is 21.7. The number of anilines is 1. The summed E-state index contributed by atoms with van der Waals surface area (Å²) in [5.74, 6) is -1.95. The number of hydrogen-bond donors (Lipinski definition) is 2. The number of rotatable bonds is 9. The number of amides is 4. The number of nitrogens with zero attached hydrogens (tertiary/aromatic N) is 1. The zero-order valence-corrected chi connectivity index (χ0v) is 17.2. The summed E-state index contributed by atoms with van der Waals surface area (Å²) in [6, 6.07) is 3.79. The van der Waals surface area contributed by atoms with E-state index >= 15 is 0 Å². The Morgan fingerprint density at radius 3 is 2.77 bits per heavy atom. The number of unbranched alkanes of at least 4 members (excludes halogenated alkanes) is 3. The molecule has 0 aromatic heterocycles. The Bertz CT molecular complexity index is 880. The maximum Gasteiger partial charge on any atom is 0.264 e. The molecule has 0 radical (unpaired) electrons. The molecule has 1 aromatic rings. The second-order valence-electron chi connectivity index (χ2n) is 7.52. The van der Waals surface area contributed by atoms with Gasteiger partial charge in [0, 0.05) is 12.3 Å². The van der Waals surface area contributed by atoms with Crippen molar-refractivity contribution in [2.75, 3.05) is 18.5 Å². The number of imide groups is 1. The van der Waals surface area contributed by atoms with Gasteiger partial charge in [-0.25, -0.2) is 0 Å². The number of ether oxygens (including phenoxy) is 1. The zero-order valence-electron chi connectivity index (χ0n) is 17.2. The van der Waals surface area contributed by atoms with Crippen molar-refractivity contribution in [1.82, 2.24) is 10.2 Å². The number of piperidine rings is 1. The van der Waals surface area contributed by atoms with Gasteiger partial charge in [0.05, 0.1) is 16.8 Å². The van der Waals surface area contributed by atoms with Crippen molar-refractivity contribution >= 4 is 29.3 Å². The summed E-state index contributed by atoms with van der Waals surface area (Å²) in [5, 5.41) is 5.26. The third-order valence-electron chi connectivity index (χ3n) is 5.23. The van der Waals surface area contributed by atoms with E-state index < -0.39 is 29.7 Å². The van der Waals surface area contributed by atoms with Crippen LogP contribution in [0.3, 0.4) is 0 Å². The molecular weight excluding hydrogens is 386 g/mol. The van der Waals surface area contributed by atoms with Crippen molar-refractivity contribution in [2.24, 2.45) is 0 Å². The van der Waals surface area contributed by atoms with E-state index in [1.54, 1.807) is 12.1 Å². The lowest BCUT2D eigenvalue weighted by Gasteiger charge is -2.29. The van der Waals surface area contributed by atoms with Gasteiger partial charge in [-0.1, -0.05) is 38.8 Å². The average molecular weight is 413 g/mol. The van der Waals surface area contributed by atoms with Crippen LogP contribution in [-0.2, 0) is 14.3 Å². The molecule has 2 aliphatic heterocycles. The fourth-order valence-electron chi connectivity index (χ4n) is 3.68. The number of carbonyl (C=O) groups is 4. The fraction of sp³-hybridized carbons (Fsp3) is 0.455. The van der Waals surface area contributed by atoms with Gasteiger partial charge in [-0.15, -0.1) is 0 Å². The third kappa shape index (κ3) is 4.59. The summed E-state index contributed by atoms with van der Waals surface area (Å²) in [6.07, 6.45) is 5.01. The van der Waals surface area contributed by atoms with E-state index in [1.165, 1.54) is 6.07 Å². The van der Waals surface area contributed by atoms with E-state index in [-0.39, 0.29) is 23.4 Å². The maximum atomic E-state index is 13.0. The zero-order chi connectivity index (χ0) is 21.7. The molecule has 0 bridgehead atoms. The summed E-state index contributed by atoms with van der Waals surface area (Å²) in [7, 11) is 0. The smallest absolute Gasteiger partial charge is 0.264 e. The van der Waals surface area contributed by atoms with Gasteiger partial charge >= 0.3 is 0 Å². The molecule has 3 rings (SSSR count). The third-order valence-corrected chi connectivity index (χ3v) is 5.23. The van der Waals surface area contributed by atoms with Gasteiger partial charge in [-0.2, -0.15) is 0 Å². The Hall–Kier alpha value is -3.00. The molecule has 8 heteroatoms. The second kappa shape index (κ2) is 9.67. The molecular formula is C22H27N3O5. The molecule has 4 amide bonds. The van der Waals surface area contributed by atoms with Crippen LogP contribution in [0.25, 0.3) is 0 Å². The minimum absolute atomic E-state index is 0.107. The predicted octanol–water partition coefficient (Wildman–Crippen LogP) is 2.61. The molecule has 0 spiro atoms. The van der Waals surface area contributed by atoms with Gasteiger partial charge in [0.25, 0.3) is 11.8 Å². The van der Waals surface area contributed by atoms with Crippen molar-refractivity contribution in [3.8, 4) is 0 Å². The van der Waals surface area contributed by atoms with Gasteiger partial charge in [0.2, 0.25) is 11.8 Å². The first-order valence-electron chi connectivity index (χ1n) is 10.3. The minimum Gasteiger partial charge on any atom is -0.372 e. The first-order chi connectivity index (χ1) is 14.4. The molecule has 2 aliphatic rings. The second-order valence-corrected chi connectivity index (χ2v) is 7.52. The van der Waals surface area contributed by atoms with Crippen LogP contribution in [0.2, 0.25) is 0 Å². The van der Waals surface area contributed by atoms with Crippen molar-refractivity contribution in [2.45, 2.75) is 51.5 Å². The van der Waals surface area contributed by atoms with Crippen LogP contribution in [0.5, 0.6) is 0 Å². The molecule has 0 aliphatic carbocycles. The highest BCUT2D eigenvalue weighted by Crippen LogP contribution is 2.32. The Morgan fingerprint density at radius 2 is 2.03 bits per heavy atom. The van der Waals surface area contributed by atoms with E-state index in [9.17, 15) is 19.2 Å². The van der Waals surface area contributed by atoms with E-state index in [1.807, 2.05) is 0 Å². The van der Waals surface area contributed by atoms with Crippen LogP contribution in [0.1, 0.15) is 66.2 Å². The number of allylic oxidation sites excluding steroid dienone is 1. The van der Waals surface area contributed by atoms with Crippen LogP contribution in [0.15, 0.2) is 30.5 Å². The van der Waals surface area contributed by atoms with Gasteiger partial charge < -0.3 is 15.4 Å². The first-order valence-corrected chi connectivity index (χ1v) is 10.3. The standard InChI is InChI=1S/C22H27N3O5/c1-3-4-5-6-12-30-13-18(26)24-16-9-7-8-15-19(16)22(29)25(21(15)28)17-11-10-14(2)23-20(17)27/h7-9,17H,2-6,10-13H2,1H3,(H,23,27)(H,24,26). The van der Waals surface area contributed by atoms with Gasteiger partial charge in [0.15, 0.2) is 0 Å². The van der Waals surface area contributed by atoms with Crippen LogP contribution < -0.4 is 10.6 Å². The SMILES string of the molecule is C=C1CCC(N2C(=O)c3cccc(NC(=O)COCCCCCC)c3C2=O)C(=O)N1. The van der Waals surface area contributed by atoms with Crippen LogP contribution in [0, 0.1) is 0 Å². The summed E-state index contributed by atoms with van der Waals surface area (Å²) in [6.45, 7) is 6.20. The molecule has 160 valence electrons. The van der Waals surface area contributed by atoms with Gasteiger partial charge in [-0.3, -0.25) is 24.1 Å². The van der Waals surface area contributed by atoms with Gasteiger partial charge in [-0.05, 0) is 31.4 Å². The lowest BCUT2D eigenvalue weighted by Crippen LogP contribution is -2.51. The Balaban J connectivity index is 1.67. The lowest BCUT2D eigenvalue weighted by molar-refractivity contribution is -0.125. The molecule has 1 saturated heterocycles. The summed E-state index contributed by atoms with van der Waals surface area (Å²) in [4.78, 5) is 51.4. The molecule has 1 unspecified atom stereocenters. The monoisotopic (exact) mass is 413 g/mol. The number of hydrogen-bond acceptors (Lipinski definition) is 5. The van der Waals surface area contributed by atoms with Crippen molar-refractivity contribution in [1.29, 1.82) is 0 Å². The Labute approximate surface area is 175 Å². The molecule has 1 atom stereocenters. The van der Waals surface area contributed by atoms with Crippen molar-refractivity contribution in [3.05, 3.63) is 41.6 Å². The van der Waals surface area contributed by atoms with Crippen LogP contribution in [0.4, 0.5) is 5.69 Å². The summed E-state index contributed by atoms with van der Waals surface area (Å²) in [5.41, 5.74) is 1.09. The van der Waals surface area contributed by atoms with E-state index in [4.69, 9.17) is 4.74 Å². The van der Waals surface area contributed by atoms with Crippen LogP contribution >= 0.6 is 0 Å². The highest BCUT2D eigenvalue weighted by atomic mass is 16.5. The minimum atomic E-state index is -0.891. The normalized spacial score (nSPS) is 18.4. The topological polar surface area (TPSA) is 105 Å². The molecule has 2 N–H and O–H groups in total. The number of benzene rings is 1. The lowest BCUT2D eigenvalue weighted by atomic mass is 10.0. The number of nitrogens with one attached hydrogen (secondary N) is 2. The Morgan fingerprint density at radius 1 is 1.23 bits per heavy atom. The Kier molecular flexibility index (Phi) is 6.99. The molecule has 1 aromatic carbocycles. The number of fused-ring (bicyclic) bond motifs is 1. The quantitative estimate of drug-likeness (QED) is 0.478. The summed E-state index contributed by atoms with van der Waals surface area (Å²) >= 11 is 0. The largest absolute Gasteiger partial charge is 0.372 e. The van der Waals surface area contributed by atoms with Crippen LogP contribution in [-0.4, -0.2) is 47.8 Å². The fourth-order valence-corrected chi connectivity index (χ4v) is 3.68. The van der Waals surface area contributed by atoms with Crippen molar-refractivity contribution in [3.63, 3.8) is 0 Å². The van der Waals surface area contributed by atoms with E-state index in [0.29, 0.717) is 25.1 Å². The molecule has 8 nitrogen and oxygen atoms in total. The molecule has 30 heavy (non-hydrogen) atoms. The highest BCUT2D eigenvalue weighted by molar-refractivity contribution is 6.25. The summed E-state index contributed by atoms with van der Waals surface area (Å²) < 4.78 is 5.39. The van der Waals surface area contributed by atoms with E-state index in [0.717, 1.165) is 30.6 Å². The van der Waals surface area contributed by atoms with Gasteiger partial charge in [0.1, 0.15) is 12.6 Å². The highest BCUT2D eigenvalue weighted by Gasteiger charge is 2.45. The molecule has 1 fully saturated rings.